The number of nitrogens with zero attached hydrogens (tertiary/aromatic N) is 1. The molecule has 0 unspecified atom stereocenters. The van der Waals surface area contributed by atoms with Crippen molar-refractivity contribution in [2.24, 2.45) is 0 Å². The summed E-state index contributed by atoms with van der Waals surface area (Å²) in [7, 11) is 2.97. The van der Waals surface area contributed by atoms with Crippen molar-refractivity contribution in [3.05, 3.63) is 59.8 Å². The standard InChI is InChI=1S/C18H17NO4/c1-22-15-6-3-12(4-7-15)10-19-11-14-9-13(18(21)23-2)5-8-16(14)17(19)20/h3-9,11,20H,10H2,1-2H3. The zero-order valence-corrected chi connectivity index (χ0v) is 12.9. The van der Waals surface area contributed by atoms with E-state index in [0.29, 0.717) is 17.5 Å². The maximum absolute atomic E-state index is 11.6. The van der Waals surface area contributed by atoms with Crippen molar-refractivity contribution in [2.45, 2.75) is 6.54 Å². The number of fused-ring (bicyclic) bond motifs is 1. The van der Waals surface area contributed by atoms with Crippen LogP contribution in [0.5, 0.6) is 11.6 Å². The molecule has 0 aliphatic carbocycles. The van der Waals surface area contributed by atoms with Gasteiger partial charge in [0.1, 0.15) is 5.75 Å². The van der Waals surface area contributed by atoms with Gasteiger partial charge in [0.05, 0.1) is 26.3 Å². The Morgan fingerprint density at radius 3 is 2.52 bits per heavy atom. The van der Waals surface area contributed by atoms with Crippen molar-refractivity contribution >= 4 is 16.7 Å². The Hall–Kier alpha value is -2.95. The van der Waals surface area contributed by atoms with Crippen LogP contribution in [-0.2, 0) is 11.3 Å². The molecule has 0 saturated carbocycles. The Morgan fingerprint density at radius 1 is 1.13 bits per heavy atom. The van der Waals surface area contributed by atoms with Gasteiger partial charge in [-0.2, -0.15) is 0 Å². The third kappa shape index (κ3) is 2.85. The summed E-state index contributed by atoms with van der Waals surface area (Å²) in [5.41, 5.74) is 1.50. The Labute approximate surface area is 133 Å². The first-order valence-electron chi connectivity index (χ1n) is 7.15. The van der Waals surface area contributed by atoms with E-state index in [4.69, 9.17) is 9.47 Å². The van der Waals surface area contributed by atoms with Gasteiger partial charge in [-0.05, 0) is 35.9 Å². The topological polar surface area (TPSA) is 60.7 Å². The van der Waals surface area contributed by atoms with Crippen molar-refractivity contribution < 1.29 is 19.4 Å². The molecule has 0 aliphatic rings. The molecule has 1 aromatic heterocycles. The van der Waals surface area contributed by atoms with Crippen molar-refractivity contribution in [1.29, 1.82) is 0 Å². The van der Waals surface area contributed by atoms with Gasteiger partial charge in [0.15, 0.2) is 5.88 Å². The van der Waals surface area contributed by atoms with E-state index in [2.05, 4.69) is 0 Å². The number of hydrogen-bond acceptors (Lipinski definition) is 4. The number of esters is 1. The zero-order valence-electron chi connectivity index (χ0n) is 12.9. The molecule has 1 heterocycles. The molecular formula is C18H17NO4. The predicted molar refractivity (Wildman–Crippen MR) is 87.0 cm³/mol. The van der Waals surface area contributed by atoms with Gasteiger partial charge in [0.2, 0.25) is 0 Å². The molecule has 0 saturated heterocycles. The Morgan fingerprint density at radius 2 is 1.87 bits per heavy atom. The number of benzene rings is 2. The number of aromatic nitrogens is 1. The third-order valence-electron chi connectivity index (χ3n) is 3.79. The monoisotopic (exact) mass is 311 g/mol. The molecule has 0 bridgehead atoms. The fourth-order valence-corrected chi connectivity index (χ4v) is 2.55. The van der Waals surface area contributed by atoms with E-state index >= 15 is 0 Å². The summed E-state index contributed by atoms with van der Waals surface area (Å²) in [6, 6.07) is 12.7. The highest BCUT2D eigenvalue weighted by Crippen LogP contribution is 2.29. The molecule has 3 rings (SSSR count). The van der Waals surface area contributed by atoms with Gasteiger partial charge >= 0.3 is 5.97 Å². The summed E-state index contributed by atoms with van der Waals surface area (Å²) in [5, 5.41) is 11.9. The maximum Gasteiger partial charge on any atom is 0.337 e. The van der Waals surface area contributed by atoms with Crippen LogP contribution in [0.15, 0.2) is 48.7 Å². The third-order valence-corrected chi connectivity index (χ3v) is 3.79. The minimum atomic E-state index is -0.394. The molecule has 23 heavy (non-hydrogen) atoms. The summed E-state index contributed by atoms with van der Waals surface area (Å²) in [6.45, 7) is 0.526. The molecule has 2 aromatic carbocycles. The number of aromatic hydroxyl groups is 1. The smallest absolute Gasteiger partial charge is 0.337 e. The van der Waals surface area contributed by atoms with Crippen LogP contribution in [0.3, 0.4) is 0 Å². The second-order valence-corrected chi connectivity index (χ2v) is 5.22. The first-order chi connectivity index (χ1) is 11.1. The van der Waals surface area contributed by atoms with E-state index in [-0.39, 0.29) is 5.88 Å². The van der Waals surface area contributed by atoms with Gasteiger partial charge in [-0.1, -0.05) is 12.1 Å². The van der Waals surface area contributed by atoms with E-state index in [1.165, 1.54) is 7.11 Å². The molecule has 0 amide bonds. The van der Waals surface area contributed by atoms with E-state index in [1.54, 1.807) is 29.9 Å². The molecule has 0 fully saturated rings. The summed E-state index contributed by atoms with van der Waals surface area (Å²) in [4.78, 5) is 11.6. The van der Waals surface area contributed by atoms with Crippen molar-refractivity contribution in [1.82, 2.24) is 4.57 Å². The number of methoxy groups -OCH3 is 2. The van der Waals surface area contributed by atoms with Crippen LogP contribution in [0.1, 0.15) is 15.9 Å². The number of carbonyl (C=O) groups excluding carboxylic acids is 1. The molecule has 118 valence electrons. The van der Waals surface area contributed by atoms with Crippen LogP contribution in [0.25, 0.3) is 10.8 Å². The summed E-state index contributed by atoms with van der Waals surface area (Å²) in [5.74, 6) is 0.569. The first-order valence-corrected chi connectivity index (χ1v) is 7.15. The van der Waals surface area contributed by atoms with Gasteiger partial charge in [-0.3, -0.25) is 0 Å². The summed E-state index contributed by atoms with van der Waals surface area (Å²) in [6.07, 6.45) is 1.82. The van der Waals surface area contributed by atoms with E-state index in [9.17, 15) is 9.90 Å². The lowest BCUT2D eigenvalue weighted by atomic mass is 10.1. The Bertz CT molecular complexity index is 849. The van der Waals surface area contributed by atoms with Crippen LogP contribution in [0, 0.1) is 0 Å². The van der Waals surface area contributed by atoms with Gasteiger partial charge in [-0.15, -0.1) is 0 Å². The number of carbonyl (C=O) groups is 1. The molecule has 5 heteroatoms. The second-order valence-electron chi connectivity index (χ2n) is 5.22. The van der Waals surface area contributed by atoms with Gasteiger partial charge in [0.25, 0.3) is 0 Å². The Balaban J connectivity index is 1.94. The van der Waals surface area contributed by atoms with Crippen molar-refractivity contribution in [3.8, 4) is 11.6 Å². The summed E-state index contributed by atoms with van der Waals surface area (Å²) >= 11 is 0. The van der Waals surface area contributed by atoms with Gasteiger partial charge in [-0.25, -0.2) is 4.79 Å². The number of hydrogen-bond donors (Lipinski definition) is 1. The highest BCUT2D eigenvalue weighted by Gasteiger charge is 2.12. The lowest BCUT2D eigenvalue weighted by molar-refractivity contribution is 0.0601. The highest BCUT2D eigenvalue weighted by molar-refractivity contribution is 5.97. The van der Waals surface area contributed by atoms with Crippen molar-refractivity contribution in [3.63, 3.8) is 0 Å². The van der Waals surface area contributed by atoms with Crippen LogP contribution in [0.2, 0.25) is 0 Å². The van der Waals surface area contributed by atoms with E-state index < -0.39 is 5.97 Å². The summed E-state index contributed by atoms with van der Waals surface area (Å²) < 4.78 is 11.6. The number of ether oxygens (including phenoxy) is 2. The lowest BCUT2D eigenvalue weighted by Crippen LogP contribution is -1.99. The molecule has 0 radical (unpaired) electrons. The predicted octanol–water partition coefficient (Wildman–Crippen LogP) is 3.19. The maximum atomic E-state index is 11.6. The average Bonchev–Trinajstić information content (AvgIpc) is 2.90. The van der Waals surface area contributed by atoms with E-state index in [0.717, 1.165) is 16.7 Å². The van der Waals surface area contributed by atoms with Crippen LogP contribution in [-0.4, -0.2) is 29.9 Å². The Kier molecular flexibility index (Phi) is 3.93. The molecule has 3 aromatic rings. The molecule has 0 spiro atoms. The van der Waals surface area contributed by atoms with Crippen LogP contribution >= 0.6 is 0 Å². The molecule has 1 N–H and O–H groups in total. The fraction of sp³-hybridized carbons (Fsp3) is 0.167. The fourth-order valence-electron chi connectivity index (χ4n) is 2.55. The van der Waals surface area contributed by atoms with Crippen molar-refractivity contribution in [2.75, 3.05) is 14.2 Å². The molecular weight excluding hydrogens is 294 g/mol. The second kappa shape index (κ2) is 6.04. The number of rotatable bonds is 4. The molecule has 5 nitrogen and oxygen atoms in total. The molecule has 0 aliphatic heterocycles. The van der Waals surface area contributed by atoms with Crippen LogP contribution in [0.4, 0.5) is 0 Å². The van der Waals surface area contributed by atoms with Crippen LogP contribution < -0.4 is 4.74 Å². The first kappa shape index (κ1) is 15.0. The quantitative estimate of drug-likeness (QED) is 0.752. The van der Waals surface area contributed by atoms with E-state index in [1.807, 2.05) is 30.5 Å². The van der Waals surface area contributed by atoms with Gasteiger partial charge in [0, 0.05) is 17.0 Å². The average molecular weight is 311 g/mol. The molecule has 0 atom stereocenters. The highest BCUT2D eigenvalue weighted by atomic mass is 16.5. The minimum absolute atomic E-state index is 0.173. The van der Waals surface area contributed by atoms with Gasteiger partial charge < -0.3 is 19.1 Å². The lowest BCUT2D eigenvalue weighted by Gasteiger charge is -2.06. The zero-order chi connectivity index (χ0) is 16.4. The minimum Gasteiger partial charge on any atom is -0.497 e. The largest absolute Gasteiger partial charge is 0.497 e. The normalized spacial score (nSPS) is 10.7. The SMILES string of the molecule is COC(=O)c1ccc2c(O)n(Cc3ccc(OC)cc3)cc2c1.